The van der Waals surface area contributed by atoms with Crippen molar-refractivity contribution in [3.8, 4) is 22.8 Å². The lowest BCUT2D eigenvalue weighted by atomic mass is 10.1. The van der Waals surface area contributed by atoms with E-state index in [1.807, 2.05) is 60.7 Å². The first kappa shape index (κ1) is 23.7. The molecule has 1 heterocycles. The van der Waals surface area contributed by atoms with E-state index in [1.165, 1.54) is 24.4 Å². The topological polar surface area (TPSA) is 128 Å². The molecule has 1 unspecified atom stereocenters. The van der Waals surface area contributed by atoms with Crippen LogP contribution in [-0.2, 0) is 6.54 Å². The van der Waals surface area contributed by atoms with Crippen LogP contribution in [0.4, 0.5) is 5.95 Å². The lowest BCUT2D eigenvalue weighted by Crippen LogP contribution is -2.27. The SMILES string of the molecule is O=C(NCCC(O)c1ccc(O)c(O)c1)c1cnc(NCc2ccccc2)nc1-c1ccccc1. The molecular weight excluding hydrogens is 444 g/mol. The first-order valence-corrected chi connectivity index (χ1v) is 11.2. The van der Waals surface area contributed by atoms with E-state index < -0.39 is 6.10 Å². The van der Waals surface area contributed by atoms with Crippen molar-refractivity contribution < 1.29 is 20.1 Å². The first-order valence-electron chi connectivity index (χ1n) is 11.2. The molecule has 0 radical (unpaired) electrons. The van der Waals surface area contributed by atoms with Crippen LogP contribution in [0.25, 0.3) is 11.3 Å². The van der Waals surface area contributed by atoms with Crippen LogP contribution in [0.2, 0.25) is 0 Å². The van der Waals surface area contributed by atoms with Crippen LogP contribution in [0.1, 0.15) is 34.0 Å². The molecule has 5 N–H and O–H groups in total. The van der Waals surface area contributed by atoms with Gasteiger partial charge >= 0.3 is 0 Å². The Morgan fingerprint density at radius 2 is 1.63 bits per heavy atom. The summed E-state index contributed by atoms with van der Waals surface area (Å²) in [5.74, 6) is -0.522. The van der Waals surface area contributed by atoms with Gasteiger partial charge in [0.15, 0.2) is 11.5 Å². The predicted octanol–water partition coefficient (Wildman–Crippen LogP) is 4.02. The van der Waals surface area contributed by atoms with Crippen LogP contribution < -0.4 is 10.6 Å². The summed E-state index contributed by atoms with van der Waals surface area (Å²) in [5.41, 5.74) is 3.12. The number of hydrogen-bond acceptors (Lipinski definition) is 7. The zero-order valence-electron chi connectivity index (χ0n) is 18.9. The van der Waals surface area contributed by atoms with Gasteiger partial charge in [0.05, 0.1) is 17.4 Å². The standard InChI is InChI=1S/C27H26N4O4/c32-22(20-11-12-23(33)24(34)15-20)13-14-28-26(35)21-17-30-27(29-16-18-7-3-1-4-8-18)31-25(21)19-9-5-2-6-10-19/h1-12,15,17,22,32-34H,13-14,16H2,(H,28,35)(H,29,30,31). The van der Waals surface area contributed by atoms with Crippen molar-refractivity contribution in [3.05, 3.63) is 102 Å². The van der Waals surface area contributed by atoms with Gasteiger partial charge in [-0.1, -0.05) is 66.7 Å². The van der Waals surface area contributed by atoms with Gasteiger partial charge in [0.25, 0.3) is 5.91 Å². The second kappa shape index (κ2) is 11.1. The third-order valence-corrected chi connectivity index (χ3v) is 5.46. The number of nitrogens with zero attached hydrogens (tertiary/aromatic N) is 2. The summed E-state index contributed by atoms with van der Waals surface area (Å²) in [6, 6.07) is 23.4. The fourth-order valence-corrected chi connectivity index (χ4v) is 3.56. The quantitative estimate of drug-likeness (QED) is 0.234. The molecule has 4 rings (SSSR count). The molecule has 0 bridgehead atoms. The summed E-state index contributed by atoms with van der Waals surface area (Å²) in [7, 11) is 0. The summed E-state index contributed by atoms with van der Waals surface area (Å²) in [6.07, 6.45) is 0.789. The first-order chi connectivity index (χ1) is 17.0. The van der Waals surface area contributed by atoms with Crippen molar-refractivity contribution in [2.75, 3.05) is 11.9 Å². The Labute approximate surface area is 203 Å². The van der Waals surface area contributed by atoms with Crippen molar-refractivity contribution in [2.24, 2.45) is 0 Å². The Morgan fingerprint density at radius 3 is 2.34 bits per heavy atom. The maximum Gasteiger partial charge on any atom is 0.255 e. The molecule has 8 nitrogen and oxygen atoms in total. The number of nitrogens with one attached hydrogen (secondary N) is 2. The number of aromatic hydroxyl groups is 2. The molecule has 1 amide bonds. The molecule has 3 aromatic carbocycles. The fraction of sp³-hybridized carbons (Fsp3) is 0.148. The van der Waals surface area contributed by atoms with Gasteiger partial charge in [-0.05, 0) is 29.7 Å². The molecule has 1 atom stereocenters. The largest absolute Gasteiger partial charge is 0.504 e. The van der Waals surface area contributed by atoms with Gasteiger partial charge in [0.1, 0.15) is 0 Å². The molecular formula is C27H26N4O4. The van der Waals surface area contributed by atoms with Gasteiger partial charge < -0.3 is 26.0 Å². The highest BCUT2D eigenvalue weighted by Crippen LogP contribution is 2.29. The van der Waals surface area contributed by atoms with Gasteiger partial charge in [-0.2, -0.15) is 0 Å². The van der Waals surface area contributed by atoms with Gasteiger partial charge in [-0.3, -0.25) is 4.79 Å². The molecule has 8 heteroatoms. The second-order valence-corrected chi connectivity index (χ2v) is 7.97. The zero-order valence-corrected chi connectivity index (χ0v) is 18.9. The smallest absolute Gasteiger partial charge is 0.255 e. The lowest BCUT2D eigenvalue weighted by molar-refractivity contribution is 0.0942. The average molecular weight is 471 g/mol. The van der Waals surface area contributed by atoms with Crippen LogP contribution in [0, 0.1) is 0 Å². The molecule has 0 saturated heterocycles. The molecule has 178 valence electrons. The number of rotatable bonds is 9. The Morgan fingerprint density at radius 1 is 0.914 bits per heavy atom. The minimum Gasteiger partial charge on any atom is -0.504 e. The van der Waals surface area contributed by atoms with Crippen molar-refractivity contribution in [1.29, 1.82) is 0 Å². The number of aliphatic hydroxyl groups excluding tert-OH is 1. The van der Waals surface area contributed by atoms with E-state index in [9.17, 15) is 20.1 Å². The number of aliphatic hydroxyl groups is 1. The number of phenols is 2. The number of anilines is 1. The number of carbonyl (C=O) groups excluding carboxylic acids is 1. The summed E-state index contributed by atoms with van der Waals surface area (Å²) in [5, 5.41) is 35.4. The maximum absolute atomic E-state index is 13.0. The number of benzene rings is 3. The highest BCUT2D eigenvalue weighted by Gasteiger charge is 2.17. The Kier molecular flexibility index (Phi) is 7.54. The minimum atomic E-state index is -0.920. The van der Waals surface area contributed by atoms with Crippen LogP contribution in [0.3, 0.4) is 0 Å². The van der Waals surface area contributed by atoms with Gasteiger partial charge in [-0.15, -0.1) is 0 Å². The highest BCUT2D eigenvalue weighted by atomic mass is 16.3. The van der Waals surface area contributed by atoms with E-state index in [0.717, 1.165) is 11.1 Å². The van der Waals surface area contributed by atoms with Crippen LogP contribution >= 0.6 is 0 Å². The summed E-state index contributed by atoms with van der Waals surface area (Å²) >= 11 is 0. The van der Waals surface area contributed by atoms with E-state index in [4.69, 9.17) is 0 Å². The number of hydrogen-bond donors (Lipinski definition) is 5. The third kappa shape index (κ3) is 6.13. The number of amides is 1. The second-order valence-electron chi connectivity index (χ2n) is 7.97. The fourth-order valence-electron chi connectivity index (χ4n) is 3.56. The molecule has 0 saturated carbocycles. The maximum atomic E-state index is 13.0. The van der Waals surface area contributed by atoms with Crippen LogP contribution in [0.5, 0.6) is 11.5 Å². The van der Waals surface area contributed by atoms with Gasteiger partial charge in [-0.25, -0.2) is 9.97 Å². The predicted molar refractivity (Wildman–Crippen MR) is 133 cm³/mol. The number of carbonyl (C=O) groups is 1. The van der Waals surface area contributed by atoms with Crippen molar-refractivity contribution in [3.63, 3.8) is 0 Å². The minimum absolute atomic E-state index is 0.184. The van der Waals surface area contributed by atoms with E-state index in [2.05, 4.69) is 20.6 Å². The highest BCUT2D eigenvalue weighted by molar-refractivity contribution is 5.99. The van der Waals surface area contributed by atoms with Crippen LogP contribution in [-0.4, -0.2) is 37.7 Å². The normalized spacial score (nSPS) is 11.6. The van der Waals surface area contributed by atoms with Crippen molar-refractivity contribution in [2.45, 2.75) is 19.1 Å². The van der Waals surface area contributed by atoms with Gasteiger partial charge in [0.2, 0.25) is 5.95 Å². The molecule has 4 aromatic rings. The molecule has 0 aliphatic carbocycles. The lowest BCUT2D eigenvalue weighted by Gasteiger charge is -2.14. The molecule has 0 fully saturated rings. The Hall–Kier alpha value is -4.43. The third-order valence-electron chi connectivity index (χ3n) is 5.46. The molecule has 0 aliphatic rings. The number of phenolic OH excluding ortho intramolecular Hbond substituents is 2. The molecule has 1 aromatic heterocycles. The summed E-state index contributed by atoms with van der Waals surface area (Å²) in [6.45, 7) is 0.731. The van der Waals surface area contributed by atoms with Crippen LogP contribution in [0.15, 0.2) is 85.1 Å². The molecule has 0 spiro atoms. The van der Waals surface area contributed by atoms with E-state index in [-0.39, 0.29) is 30.4 Å². The monoisotopic (exact) mass is 470 g/mol. The van der Waals surface area contributed by atoms with Gasteiger partial charge in [0, 0.05) is 24.8 Å². The Balaban J connectivity index is 1.46. The van der Waals surface area contributed by atoms with Crippen molar-refractivity contribution in [1.82, 2.24) is 15.3 Å². The Bertz CT molecular complexity index is 1280. The van der Waals surface area contributed by atoms with Crippen molar-refractivity contribution >= 4 is 11.9 Å². The number of aromatic nitrogens is 2. The van der Waals surface area contributed by atoms with E-state index in [1.54, 1.807) is 0 Å². The van der Waals surface area contributed by atoms with E-state index in [0.29, 0.717) is 29.3 Å². The summed E-state index contributed by atoms with van der Waals surface area (Å²) in [4.78, 5) is 21.9. The van der Waals surface area contributed by atoms with E-state index >= 15 is 0 Å². The molecule has 35 heavy (non-hydrogen) atoms. The molecule has 0 aliphatic heterocycles. The zero-order chi connectivity index (χ0) is 24.6. The summed E-state index contributed by atoms with van der Waals surface area (Å²) < 4.78 is 0. The average Bonchev–Trinajstić information content (AvgIpc) is 2.90.